The summed E-state index contributed by atoms with van der Waals surface area (Å²) in [7, 11) is 0. The normalized spacial score (nSPS) is 12.1. The van der Waals surface area contributed by atoms with Crippen LogP contribution < -0.4 is 10.4 Å². The van der Waals surface area contributed by atoms with Crippen LogP contribution in [0.1, 0.15) is 49.0 Å². The maximum Gasteiger partial charge on any atom is 0.377 e. The first kappa shape index (κ1) is 24.0. The van der Waals surface area contributed by atoms with E-state index < -0.39 is 17.4 Å². The van der Waals surface area contributed by atoms with Crippen LogP contribution in [0.3, 0.4) is 0 Å². The number of hydrogen-bond donors (Lipinski definition) is 2. The van der Waals surface area contributed by atoms with Crippen molar-refractivity contribution in [3.63, 3.8) is 0 Å². The van der Waals surface area contributed by atoms with Gasteiger partial charge in [0.15, 0.2) is 0 Å². The van der Waals surface area contributed by atoms with E-state index in [-0.39, 0.29) is 33.8 Å². The highest BCUT2D eigenvalue weighted by atomic mass is 16.5. The topological polar surface area (TPSA) is 114 Å². The average Bonchev–Trinajstić information content (AvgIpc) is 2.79. The molecule has 7 nitrogen and oxygen atoms in total. The van der Waals surface area contributed by atoms with Crippen molar-refractivity contribution in [2.24, 2.45) is 11.8 Å². The minimum atomic E-state index is -1.61. The highest BCUT2D eigenvalue weighted by Crippen LogP contribution is 2.29. The van der Waals surface area contributed by atoms with Gasteiger partial charge in [0.25, 0.3) is 5.78 Å². The lowest BCUT2D eigenvalue weighted by atomic mass is 9.92. The lowest BCUT2D eigenvalue weighted by molar-refractivity contribution is -0.131. The third kappa shape index (κ3) is 6.22. The lowest BCUT2D eigenvalue weighted by Crippen LogP contribution is -2.17. The minimum Gasteiger partial charge on any atom is -0.507 e. The molecule has 0 saturated carbocycles. The summed E-state index contributed by atoms with van der Waals surface area (Å²) >= 11 is 0. The second-order valence-electron chi connectivity index (χ2n) is 8.56. The summed E-state index contributed by atoms with van der Waals surface area (Å²) in [6, 6.07) is 13.4. The number of fused-ring (bicyclic) bond motifs is 1. The Bertz CT molecular complexity index is 1180. The fourth-order valence-electron chi connectivity index (χ4n) is 3.67. The second-order valence-corrected chi connectivity index (χ2v) is 8.56. The standard InChI is InChI=1S/C26H28O7/c1-16(2)8-9-17(15-32-19-6-4-3-5-7-19)10-12-21-24(28)20-13-11-18(23(27)25(29)30)14-22(20)33-26(21)31/h3-7,11,13-14,16-17,28H,8-10,12,15H2,1-2H3,(H,29,30). The molecule has 0 fully saturated rings. The van der Waals surface area contributed by atoms with E-state index in [0.717, 1.165) is 24.7 Å². The van der Waals surface area contributed by atoms with Crippen molar-refractivity contribution in [2.75, 3.05) is 6.61 Å². The predicted octanol–water partition coefficient (Wildman–Crippen LogP) is 4.83. The van der Waals surface area contributed by atoms with E-state index in [2.05, 4.69) is 13.8 Å². The summed E-state index contributed by atoms with van der Waals surface area (Å²) in [6.45, 7) is 4.81. The average molecular weight is 453 g/mol. The molecule has 7 heteroatoms. The van der Waals surface area contributed by atoms with Gasteiger partial charge >= 0.3 is 11.6 Å². The number of aromatic hydroxyl groups is 1. The van der Waals surface area contributed by atoms with Gasteiger partial charge in [-0.15, -0.1) is 0 Å². The van der Waals surface area contributed by atoms with Gasteiger partial charge in [0, 0.05) is 5.56 Å². The van der Waals surface area contributed by atoms with E-state index in [1.165, 1.54) is 12.1 Å². The molecule has 0 aliphatic carbocycles. The number of ether oxygens (including phenoxy) is 1. The maximum absolute atomic E-state index is 12.6. The van der Waals surface area contributed by atoms with E-state index in [1.54, 1.807) is 0 Å². The SMILES string of the molecule is CC(C)CCC(CCc1c(O)c2ccc(C(=O)C(=O)O)cc2oc1=O)COc1ccccc1. The zero-order valence-electron chi connectivity index (χ0n) is 18.7. The molecule has 1 aromatic heterocycles. The Morgan fingerprint density at radius 3 is 2.42 bits per heavy atom. The first-order chi connectivity index (χ1) is 15.8. The highest BCUT2D eigenvalue weighted by molar-refractivity contribution is 6.40. The van der Waals surface area contributed by atoms with Gasteiger partial charge in [-0.2, -0.15) is 0 Å². The number of aliphatic carboxylic acids is 1. The van der Waals surface area contributed by atoms with Gasteiger partial charge < -0.3 is 19.4 Å². The molecule has 1 unspecified atom stereocenters. The van der Waals surface area contributed by atoms with Crippen LogP contribution >= 0.6 is 0 Å². The van der Waals surface area contributed by atoms with Gasteiger partial charge in [0.2, 0.25) is 0 Å². The molecule has 0 bridgehead atoms. The Balaban J connectivity index is 1.78. The van der Waals surface area contributed by atoms with E-state index in [9.17, 15) is 19.5 Å². The number of hydrogen-bond acceptors (Lipinski definition) is 6. The number of carbonyl (C=O) groups is 2. The van der Waals surface area contributed by atoms with Crippen LogP contribution in [0.25, 0.3) is 11.0 Å². The Morgan fingerprint density at radius 2 is 1.76 bits per heavy atom. The Hall–Kier alpha value is -3.61. The van der Waals surface area contributed by atoms with E-state index in [1.807, 2.05) is 30.3 Å². The molecule has 2 aromatic carbocycles. The molecule has 1 heterocycles. The summed E-state index contributed by atoms with van der Waals surface area (Å²) in [5.74, 6) is -1.44. The molecule has 2 N–H and O–H groups in total. The number of Topliss-reactive ketones (excluding diaryl/α,β-unsaturated/α-hetero) is 1. The Morgan fingerprint density at radius 1 is 1.03 bits per heavy atom. The summed E-state index contributed by atoms with van der Waals surface area (Å²) in [4.78, 5) is 35.2. The number of carbonyl (C=O) groups excluding carboxylic acids is 1. The Labute approximate surface area is 191 Å². The van der Waals surface area contributed by atoms with Gasteiger partial charge in [-0.3, -0.25) is 4.79 Å². The van der Waals surface area contributed by atoms with Crippen LogP contribution in [-0.2, 0) is 11.2 Å². The molecule has 0 aliphatic heterocycles. The fourth-order valence-corrected chi connectivity index (χ4v) is 3.67. The summed E-state index contributed by atoms with van der Waals surface area (Å²) in [5.41, 5.74) is -0.699. The number of ketones is 1. The van der Waals surface area contributed by atoms with Crippen LogP contribution in [-0.4, -0.2) is 28.6 Å². The van der Waals surface area contributed by atoms with Crippen molar-refractivity contribution >= 4 is 22.7 Å². The van der Waals surface area contributed by atoms with Gasteiger partial charge in [0.1, 0.15) is 17.1 Å². The molecule has 174 valence electrons. The second kappa shape index (κ2) is 10.8. The molecule has 0 radical (unpaired) electrons. The molecule has 33 heavy (non-hydrogen) atoms. The van der Waals surface area contributed by atoms with E-state index >= 15 is 0 Å². The molecule has 1 atom stereocenters. The number of rotatable bonds is 11. The van der Waals surface area contributed by atoms with E-state index in [0.29, 0.717) is 25.4 Å². The quantitative estimate of drug-likeness (QED) is 0.243. The van der Waals surface area contributed by atoms with Gasteiger partial charge in [0.05, 0.1) is 17.6 Å². The summed E-state index contributed by atoms with van der Waals surface area (Å²) in [5, 5.41) is 19.8. The smallest absolute Gasteiger partial charge is 0.377 e. The number of benzene rings is 2. The third-order valence-electron chi connectivity index (χ3n) is 5.61. The first-order valence-electron chi connectivity index (χ1n) is 11.0. The monoisotopic (exact) mass is 452 g/mol. The molecule has 3 rings (SSSR count). The third-order valence-corrected chi connectivity index (χ3v) is 5.61. The molecule has 0 aliphatic rings. The van der Waals surface area contributed by atoms with Crippen LogP contribution in [0, 0.1) is 11.8 Å². The zero-order chi connectivity index (χ0) is 24.0. The fraction of sp³-hybridized carbons (Fsp3) is 0.346. The molecule has 0 amide bonds. The molecule has 3 aromatic rings. The zero-order valence-corrected chi connectivity index (χ0v) is 18.7. The van der Waals surface area contributed by atoms with Gasteiger partial charge in [-0.25, -0.2) is 9.59 Å². The highest BCUT2D eigenvalue weighted by Gasteiger charge is 2.20. The van der Waals surface area contributed by atoms with Crippen molar-refractivity contribution in [1.82, 2.24) is 0 Å². The molecule has 0 spiro atoms. The molecule has 0 saturated heterocycles. The minimum absolute atomic E-state index is 0.0304. The summed E-state index contributed by atoms with van der Waals surface area (Å²) < 4.78 is 11.2. The largest absolute Gasteiger partial charge is 0.507 e. The summed E-state index contributed by atoms with van der Waals surface area (Å²) in [6.07, 6.45) is 2.87. The molecular formula is C26H28O7. The van der Waals surface area contributed by atoms with Crippen LogP contribution in [0.2, 0.25) is 0 Å². The van der Waals surface area contributed by atoms with Crippen molar-refractivity contribution in [3.05, 3.63) is 70.1 Å². The van der Waals surface area contributed by atoms with E-state index in [4.69, 9.17) is 14.3 Å². The lowest BCUT2D eigenvalue weighted by Gasteiger charge is -2.19. The van der Waals surface area contributed by atoms with Crippen molar-refractivity contribution in [2.45, 2.75) is 39.5 Å². The van der Waals surface area contributed by atoms with Crippen molar-refractivity contribution in [1.29, 1.82) is 0 Å². The number of carboxylic acids is 1. The van der Waals surface area contributed by atoms with Crippen LogP contribution in [0.4, 0.5) is 0 Å². The van der Waals surface area contributed by atoms with Gasteiger partial charge in [-0.1, -0.05) is 38.5 Å². The van der Waals surface area contributed by atoms with Gasteiger partial charge in [-0.05, 0) is 61.4 Å². The van der Waals surface area contributed by atoms with Crippen molar-refractivity contribution in [3.8, 4) is 11.5 Å². The molecular weight excluding hydrogens is 424 g/mol. The predicted molar refractivity (Wildman–Crippen MR) is 124 cm³/mol. The van der Waals surface area contributed by atoms with Crippen molar-refractivity contribution < 1.29 is 29.0 Å². The maximum atomic E-state index is 12.6. The van der Waals surface area contributed by atoms with Crippen LogP contribution in [0.15, 0.2) is 57.7 Å². The van der Waals surface area contributed by atoms with Crippen LogP contribution in [0.5, 0.6) is 11.5 Å². The Kier molecular flexibility index (Phi) is 7.87. The number of para-hydroxylation sites is 1. The number of carboxylic acid groups (broad SMARTS) is 1. The first-order valence-corrected chi connectivity index (χ1v) is 11.0.